The first-order valence-corrected chi connectivity index (χ1v) is 6.87. The van der Waals surface area contributed by atoms with Crippen LogP contribution in [0.5, 0.6) is 0 Å². The molecule has 0 atom stereocenters. The standard InChI is InChI=1S/C13H10Br2N2O2/c14-8-5-6(1-3-9(8)16)11-10(17)4-2-7(12(11)15)13(18)19/h1-5H,16-17H2,(H,18,19). The lowest BCUT2D eigenvalue weighted by Gasteiger charge is -2.12. The van der Waals surface area contributed by atoms with Crippen LogP contribution in [-0.4, -0.2) is 11.1 Å². The number of hydrogen-bond donors (Lipinski definition) is 3. The molecule has 19 heavy (non-hydrogen) atoms. The van der Waals surface area contributed by atoms with Crippen molar-refractivity contribution in [1.29, 1.82) is 0 Å². The highest BCUT2D eigenvalue weighted by atomic mass is 79.9. The summed E-state index contributed by atoms with van der Waals surface area (Å²) in [6.07, 6.45) is 0. The molecule has 0 aliphatic rings. The van der Waals surface area contributed by atoms with Crippen molar-refractivity contribution >= 4 is 49.2 Å². The van der Waals surface area contributed by atoms with Crippen LogP contribution in [0.1, 0.15) is 10.4 Å². The van der Waals surface area contributed by atoms with Crippen LogP contribution in [0.4, 0.5) is 11.4 Å². The van der Waals surface area contributed by atoms with E-state index in [1.165, 1.54) is 6.07 Å². The van der Waals surface area contributed by atoms with Crippen molar-refractivity contribution in [1.82, 2.24) is 0 Å². The lowest BCUT2D eigenvalue weighted by atomic mass is 10.0. The van der Waals surface area contributed by atoms with Gasteiger partial charge in [-0.3, -0.25) is 0 Å². The summed E-state index contributed by atoms with van der Waals surface area (Å²) in [5.41, 5.74) is 14.4. The Hall–Kier alpha value is -1.53. The quantitative estimate of drug-likeness (QED) is 0.687. The molecule has 0 unspecified atom stereocenters. The van der Waals surface area contributed by atoms with Gasteiger partial charge in [0.1, 0.15) is 0 Å². The Kier molecular flexibility index (Phi) is 3.82. The topological polar surface area (TPSA) is 89.3 Å². The van der Waals surface area contributed by atoms with Crippen molar-refractivity contribution in [3.63, 3.8) is 0 Å². The Morgan fingerprint density at radius 3 is 2.26 bits per heavy atom. The van der Waals surface area contributed by atoms with E-state index in [-0.39, 0.29) is 5.56 Å². The van der Waals surface area contributed by atoms with E-state index < -0.39 is 5.97 Å². The fourth-order valence-corrected chi connectivity index (χ4v) is 2.87. The Morgan fingerprint density at radius 2 is 1.68 bits per heavy atom. The molecule has 2 aromatic carbocycles. The number of nitrogens with two attached hydrogens (primary N) is 2. The van der Waals surface area contributed by atoms with E-state index in [4.69, 9.17) is 16.6 Å². The molecule has 0 radical (unpaired) electrons. The number of benzene rings is 2. The lowest BCUT2D eigenvalue weighted by molar-refractivity contribution is 0.0696. The number of anilines is 2. The molecular weight excluding hydrogens is 376 g/mol. The summed E-state index contributed by atoms with van der Waals surface area (Å²) < 4.78 is 1.19. The predicted molar refractivity (Wildman–Crippen MR) is 83.1 cm³/mol. The molecule has 2 rings (SSSR count). The normalized spacial score (nSPS) is 10.4. The summed E-state index contributed by atoms with van der Waals surface area (Å²) in [6, 6.07) is 8.38. The molecule has 0 bridgehead atoms. The second-order valence-corrected chi connectivity index (χ2v) is 5.58. The zero-order chi connectivity index (χ0) is 14.2. The van der Waals surface area contributed by atoms with Gasteiger partial charge in [-0.15, -0.1) is 0 Å². The summed E-state index contributed by atoms with van der Waals surface area (Å²) >= 11 is 6.65. The van der Waals surface area contributed by atoms with Crippen LogP contribution in [0.2, 0.25) is 0 Å². The molecule has 0 fully saturated rings. The van der Waals surface area contributed by atoms with Crippen LogP contribution < -0.4 is 11.5 Å². The van der Waals surface area contributed by atoms with Gasteiger partial charge in [0.15, 0.2) is 0 Å². The van der Waals surface area contributed by atoms with E-state index in [1.54, 1.807) is 24.3 Å². The van der Waals surface area contributed by atoms with Crippen molar-refractivity contribution in [2.45, 2.75) is 0 Å². The maximum absolute atomic E-state index is 11.1. The highest BCUT2D eigenvalue weighted by molar-refractivity contribution is 9.11. The minimum absolute atomic E-state index is 0.164. The maximum atomic E-state index is 11.1. The van der Waals surface area contributed by atoms with Gasteiger partial charge in [-0.05, 0) is 61.7 Å². The minimum atomic E-state index is -1.01. The minimum Gasteiger partial charge on any atom is -0.478 e. The van der Waals surface area contributed by atoms with E-state index in [9.17, 15) is 4.79 Å². The van der Waals surface area contributed by atoms with E-state index in [0.29, 0.717) is 21.4 Å². The van der Waals surface area contributed by atoms with Crippen molar-refractivity contribution < 1.29 is 9.90 Å². The molecule has 4 nitrogen and oxygen atoms in total. The molecule has 0 aromatic heterocycles. The van der Waals surface area contributed by atoms with Gasteiger partial charge >= 0.3 is 5.97 Å². The smallest absolute Gasteiger partial charge is 0.336 e. The van der Waals surface area contributed by atoms with E-state index in [2.05, 4.69) is 31.9 Å². The van der Waals surface area contributed by atoms with Gasteiger partial charge < -0.3 is 16.6 Å². The first-order chi connectivity index (χ1) is 8.91. The predicted octanol–water partition coefficient (Wildman–Crippen LogP) is 3.74. The Balaban J connectivity index is 2.70. The highest BCUT2D eigenvalue weighted by Crippen LogP contribution is 2.38. The van der Waals surface area contributed by atoms with Crippen molar-refractivity contribution in [2.75, 3.05) is 11.5 Å². The fourth-order valence-electron chi connectivity index (χ4n) is 1.73. The molecule has 2 aromatic rings. The zero-order valence-electron chi connectivity index (χ0n) is 9.65. The molecule has 0 spiro atoms. The average Bonchev–Trinajstić information content (AvgIpc) is 2.33. The number of nitrogen functional groups attached to an aromatic ring is 2. The van der Waals surface area contributed by atoms with Crippen LogP contribution in [0.3, 0.4) is 0 Å². The lowest BCUT2D eigenvalue weighted by Crippen LogP contribution is -2.01. The molecule has 5 N–H and O–H groups in total. The van der Waals surface area contributed by atoms with Gasteiger partial charge in [0, 0.05) is 25.9 Å². The van der Waals surface area contributed by atoms with Crippen LogP contribution in [-0.2, 0) is 0 Å². The number of halogens is 2. The Bertz CT molecular complexity index is 672. The highest BCUT2D eigenvalue weighted by Gasteiger charge is 2.16. The van der Waals surface area contributed by atoms with Crippen LogP contribution in [0.15, 0.2) is 39.3 Å². The summed E-state index contributed by atoms with van der Waals surface area (Å²) in [5.74, 6) is -1.01. The van der Waals surface area contributed by atoms with Gasteiger partial charge in [0.05, 0.1) is 5.56 Å². The largest absolute Gasteiger partial charge is 0.478 e. The fraction of sp³-hybridized carbons (Fsp3) is 0. The van der Waals surface area contributed by atoms with Crippen molar-refractivity contribution in [3.05, 3.63) is 44.8 Å². The van der Waals surface area contributed by atoms with Crippen LogP contribution >= 0.6 is 31.9 Å². The number of hydrogen-bond acceptors (Lipinski definition) is 3. The van der Waals surface area contributed by atoms with Gasteiger partial charge in [0.25, 0.3) is 0 Å². The number of carboxylic acid groups (broad SMARTS) is 1. The summed E-state index contributed by atoms with van der Waals surface area (Å²) in [4.78, 5) is 11.1. The molecule has 0 aliphatic carbocycles. The van der Waals surface area contributed by atoms with Crippen molar-refractivity contribution in [2.24, 2.45) is 0 Å². The van der Waals surface area contributed by atoms with Gasteiger partial charge in [-0.2, -0.15) is 0 Å². The molecule has 0 aliphatic heterocycles. The van der Waals surface area contributed by atoms with E-state index in [0.717, 1.165) is 10.0 Å². The van der Waals surface area contributed by atoms with Gasteiger partial charge in [0.2, 0.25) is 0 Å². The summed E-state index contributed by atoms with van der Waals surface area (Å²) in [5, 5.41) is 9.13. The van der Waals surface area contributed by atoms with Crippen molar-refractivity contribution in [3.8, 4) is 11.1 Å². The van der Waals surface area contributed by atoms with Crippen LogP contribution in [0.25, 0.3) is 11.1 Å². The third kappa shape index (κ3) is 2.59. The van der Waals surface area contributed by atoms with E-state index >= 15 is 0 Å². The number of rotatable bonds is 2. The third-order valence-electron chi connectivity index (χ3n) is 2.69. The Labute approximate surface area is 126 Å². The molecular formula is C13H10Br2N2O2. The summed E-state index contributed by atoms with van der Waals surface area (Å²) in [6.45, 7) is 0. The molecule has 98 valence electrons. The monoisotopic (exact) mass is 384 g/mol. The van der Waals surface area contributed by atoms with E-state index in [1.807, 2.05) is 0 Å². The molecule has 0 saturated heterocycles. The molecule has 6 heteroatoms. The molecule has 0 heterocycles. The summed E-state index contributed by atoms with van der Waals surface area (Å²) in [7, 11) is 0. The number of carboxylic acids is 1. The van der Waals surface area contributed by atoms with Gasteiger partial charge in [-0.25, -0.2) is 4.79 Å². The number of aromatic carboxylic acids is 1. The average molecular weight is 386 g/mol. The zero-order valence-corrected chi connectivity index (χ0v) is 12.8. The second kappa shape index (κ2) is 5.22. The SMILES string of the molecule is Nc1ccc(-c2c(N)ccc(C(=O)O)c2Br)cc1Br. The number of carbonyl (C=O) groups is 1. The van der Waals surface area contributed by atoms with Gasteiger partial charge in [-0.1, -0.05) is 6.07 Å². The first kappa shape index (κ1) is 13.9. The third-order valence-corrected chi connectivity index (χ3v) is 4.20. The maximum Gasteiger partial charge on any atom is 0.336 e. The molecule has 0 saturated carbocycles. The second-order valence-electron chi connectivity index (χ2n) is 3.93. The van der Waals surface area contributed by atoms with Crippen LogP contribution in [0, 0.1) is 0 Å². The first-order valence-electron chi connectivity index (χ1n) is 5.28. The molecule has 0 amide bonds. The Morgan fingerprint density at radius 1 is 1.05 bits per heavy atom.